The van der Waals surface area contributed by atoms with Gasteiger partial charge in [-0.1, -0.05) is 20.8 Å². The van der Waals surface area contributed by atoms with E-state index in [1.165, 1.54) is 6.92 Å². The predicted octanol–water partition coefficient (Wildman–Crippen LogP) is 1.18. The maximum atomic E-state index is 12.1. The van der Waals surface area contributed by atoms with Crippen LogP contribution in [0.2, 0.25) is 13.1 Å². The number of hydrogen-bond acceptors (Lipinski definition) is 4. The molecule has 1 unspecified atom stereocenters. The van der Waals surface area contributed by atoms with Crippen molar-refractivity contribution in [2.24, 2.45) is 11.3 Å². The molecule has 0 bridgehead atoms. The van der Waals surface area contributed by atoms with Crippen molar-refractivity contribution in [1.29, 1.82) is 0 Å². The molecule has 1 rings (SSSR count). The topological polar surface area (TPSA) is 104 Å². The third-order valence-corrected chi connectivity index (χ3v) is 5.36. The highest BCUT2D eigenvalue weighted by molar-refractivity contribution is 6.48. The lowest BCUT2D eigenvalue weighted by atomic mass is 9.70. The predicted molar refractivity (Wildman–Crippen MR) is 86.7 cm³/mol. The van der Waals surface area contributed by atoms with E-state index < -0.39 is 38.5 Å². The van der Waals surface area contributed by atoms with Gasteiger partial charge in [-0.15, -0.1) is 0 Å². The fourth-order valence-electron chi connectivity index (χ4n) is 3.13. The first-order chi connectivity index (χ1) is 10.3. The highest BCUT2D eigenvalue weighted by Gasteiger charge is 2.63. The maximum Gasteiger partial charge on any atom is 0.344 e. The minimum atomic E-state index is -2.36. The fraction of sp³-hybridized carbons (Fsp3) is 0.800. The third-order valence-electron chi connectivity index (χ3n) is 4.49. The summed E-state index contributed by atoms with van der Waals surface area (Å²) in [6.45, 7) is 11.0. The number of piperidine rings is 1. The molecule has 0 aromatic carbocycles. The Labute approximate surface area is 138 Å². The summed E-state index contributed by atoms with van der Waals surface area (Å²) >= 11 is 0. The van der Waals surface area contributed by atoms with Crippen LogP contribution >= 0.6 is 0 Å². The van der Waals surface area contributed by atoms with Crippen LogP contribution in [0.4, 0.5) is 0 Å². The van der Waals surface area contributed by atoms with Crippen LogP contribution in [0.1, 0.15) is 34.1 Å². The lowest BCUT2D eigenvalue weighted by Gasteiger charge is -2.51. The first-order valence-corrected chi connectivity index (χ1v) is 10.5. The summed E-state index contributed by atoms with van der Waals surface area (Å²) in [7, 11) is -1.71. The van der Waals surface area contributed by atoms with Gasteiger partial charge in [-0.2, -0.15) is 0 Å². The second-order valence-corrected chi connectivity index (χ2v) is 9.85. The zero-order chi connectivity index (χ0) is 18.2. The molecule has 0 saturated carbocycles. The molecular weight excluding hydrogens is 318 g/mol. The highest BCUT2D eigenvalue weighted by atomic mass is 28.3. The SMILES string of the molecule is CC(=O)N1C[C@H](C(C)(C)C)CC(O[SiH](C)C)C1(C(=O)O)C(=O)O. The summed E-state index contributed by atoms with van der Waals surface area (Å²) in [5, 5.41) is 19.4. The minimum absolute atomic E-state index is 0.0454. The van der Waals surface area contributed by atoms with E-state index in [-0.39, 0.29) is 17.9 Å². The van der Waals surface area contributed by atoms with E-state index in [1.54, 1.807) is 0 Å². The number of carbonyl (C=O) groups excluding carboxylic acids is 1. The van der Waals surface area contributed by atoms with Crippen molar-refractivity contribution in [3.05, 3.63) is 0 Å². The first-order valence-electron chi connectivity index (χ1n) is 7.75. The van der Waals surface area contributed by atoms with Gasteiger partial charge >= 0.3 is 11.9 Å². The molecule has 7 nitrogen and oxygen atoms in total. The summed E-state index contributed by atoms with van der Waals surface area (Å²) in [6, 6.07) is 0. The zero-order valence-corrected chi connectivity index (χ0v) is 15.8. The van der Waals surface area contributed by atoms with Crippen molar-refractivity contribution in [2.75, 3.05) is 6.54 Å². The van der Waals surface area contributed by atoms with Gasteiger partial charge in [0, 0.05) is 13.5 Å². The van der Waals surface area contributed by atoms with Crippen LogP contribution in [0.15, 0.2) is 0 Å². The van der Waals surface area contributed by atoms with Gasteiger partial charge in [-0.25, -0.2) is 9.59 Å². The van der Waals surface area contributed by atoms with Gasteiger partial charge in [0.05, 0.1) is 6.10 Å². The third kappa shape index (κ3) is 3.58. The van der Waals surface area contributed by atoms with Gasteiger partial charge < -0.3 is 19.5 Å². The van der Waals surface area contributed by atoms with E-state index in [0.717, 1.165) is 4.90 Å². The summed E-state index contributed by atoms with van der Waals surface area (Å²) in [4.78, 5) is 36.9. The number of aliphatic carboxylic acids is 2. The molecule has 23 heavy (non-hydrogen) atoms. The van der Waals surface area contributed by atoms with Crippen molar-refractivity contribution in [3.63, 3.8) is 0 Å². The zero-order valence-electron chi connectivity index (χ0n) is 14.6. The molecule has 0 aromatic heterocycles. The van der Waals surface area contributed by atoms with Crippen molar-refractivity contribution >= 4 is 26.9 Å². The molecule has 0 spiro atoms. The van der Waals surface area contributed by atoms with Crippen LogP contribution in [0.5, 0.6) is 0 Å². The van der Waals surface area contributed by atoms with E-state index >= 15 is 0 Å². The summed E-state index contributed by atoms with van der Waals surface area (Å²) in [6.07, 6.45) is -0.747. The molecule has 1 amide bonds. The van der Waals surface area contributed by atoms with Gasteiger partial charge in [-0.05, 0) is 30.8 Å². The van der Waals surface area contributed by atoms with Crippen LogP contribution < -0.4 is 0 Å². The van der Waals surface area contributed by atoms with Crippen LogP contribution in [0.25, 0.3) is 0 Å². The molecule has 1 fully saturated rings. The molecule has 0 radical (unpaired) electrons. The molecule has 2 N–H and O–H groups in total. The molecule has 1 saturated heterocycles. The van der Waals surface area contributed by atoms with Gasteiger partial charge in [0.2, 0.25) is 5.91 Å². The van der Waals surface area contributed by atoms with E-state index in [2.05, 4.69) is 0 Å². The second-order valence-electron chi connectivity index (χ2n) is 7.48. The van der Waals surface area contributed by atoms with Crippen LogP contribution in [-0.2, 0) is 18.8 Å². The average Bonchev–Trinajstić information content (AvgIpc) is 2.34. The number of carboxylic acids is 2. The van der Waals surface area contributed by atoms with E-state index in [9.17, 15) is 24.6 Å². The maximum absolute atomic E-state index is 12.1. The Kier molecular flexibility index (Phi) is 5.64. The lowest BCUT2D eigenvalue weighted by molar-refractivity contribution is -0.190. The summed E-state index contributed by atoms with van der Waals surface area (Å²) in [5.41, 5.74) is -2.55. The molecule has 1 heterocycles. The van der Waals surface area contributed by atoms with Gasteiger partial charge in [0.15, 0.2) is 9.04 Å². The average molecular weight is 345 g/mol. The Morgan fingerprint density at radius 2 is 1.65 bits per heavy atom. The number of carbonyl (C=O) groups is 3. The number of rotatable bonds is 4. The largest absolute Gasteiger partial charge is 0.479 e. The molecule has 1 aliphatic heterocycles. The first kappa shape index (κ1) is 19.6. The number of nitrogens with zero attached hydrogens (tertiary/aromatic N) is 1. The van der Waals surface area contributed by atoms with Crippen molar-refractivity contribution < 1.29 is 29.0 Å². The molecule has 1 aliphatic rings. The quantitative estimate of drug-likeness (QED) is 0.586. The van der Waals surface area contributed by atoms with Crippen molar-refractivity contribution in [2.45, 2.75) is 58.9 Å². The Bertz CT molecular complexity index is 485. The Morgan fingerprint density at radius 3 is 1.96 bits per heavy atom. The summed E-state index contributed by atoms with van der Waals surface area (Å²) in [5.74, 6) is -3.71. The van der Waals surface area contributed by atoms with E-state index in [4.69, 9.17) is 4.43 Å². The van der Waals surface area contributed by atoms with E-state index in [1.807, 2.05) is 33.9 Å². The Hall–Kier alpha value is -1.41. The van der Waals surface area contributed by atoms with Crippen molar-refractivity contribution in [1.82, 2.24) is 4.90 Å². The molecule has 132 valence electrons. The molecular formula is C15H27NO6Si. The normalized spacial score (nSPS) is 24.6. The van der Waals surface area contributed by atoms with Crippen molar-refractivity contribution in [3.8, 4) is 0 Å². The number of likely N-dealkylation sites (tertiary alicyclic amines) is 1. The monoisotopic (exact) mass is 345 g/mol. The van der Waals surface area contributed by atoms with Crippen LogP contribution in [0.3, 0.4) is 0 Å². The van der Waals surface area contributed by atoms with Crippen LogP contribution in [0, 0.1) is 11.3 Å². The van der Waals surface area contributed by atoms with Crippen LogP contribution in [-0.4, -0.2) is 60.2 Å². The molecule has 0 aromatic rings. The van der Waals surface area contributed by atoms with E-state index in [0.29, 0.717) is 6.42 Å². The molecule has 0 aliphatic carbocycles. The number of amides is 1. The Morgan fingerprint density at radius 1 is 1.17 bits per heavy atom. The number of hydrogen-bond donors (Lipinski definition) is 2. The smallest absolute Gasteiger partial charge is 0.344 e. The molecule has 8 heteroatoms. The second kappa shape index (κ2) is 6.60. The Balaban J connectivity index is 3.49. The number of carboxylic acid groups (broad SMARTS) is 2. The fourth-order valence-corrected chi connectivity index (χ4v) is 4.09. The van der Waals surface area contributed by atoms with Gasteiger partial charge in [0.1, 0.15) is 0 Å². The lowest BCUT2D eigenvalue weighted by Crippen LogP contribution is -2.73. The van der Waals surface area contributed by atoms with Gasteiger partial charge in [-0.3, -0.25) is 4.79 Å². The summed E-state index contributed by atoms with van der Waals surface area (Å²) < 4.78 is 5.82. The minimum Gasteiger partial charge on any atom is -0.479 e. The molecule has 2 atom stereocenters. The highest BCUT2D eigenvalue weighted by Crippen LogP contribution is 2.41. The van der Waals surface area contributed by atoms with Gasteiger partial charge in [0.25, 0.3) is 5.54 Å². The standard InChI is InChI=1S/C15H27NO6Si/c1-9(17)16-8-10(14(2,3)4)7-11(22-23(5)6)15(16,12(18)19)13(20)21/h10-11,23H,7-8H2,1-6H3,(H,18,19)(H,20,21)/t10-,11?/m1/s1.